The summed E-state index contributed by atoms with van der Waals surface area (Å²) in [6.07, 6.45) is 0. The topological polar surface area (TPSA) is 58.4 Å². The van der Waals surface area contributed by atoms with Gasteiger partial charge in [0.15, 0.2) is 0 Å². The molecule has 0 aromatic carbocycles. The van der Waals surface area contributed by atoms with E-state index in [0.29, 0.717) is 0 Å². The van der Waals surface area contributed by atoms with Gasteiger partial charge in [0.1, 0.15) is 0 Å². The van der Waals surface area contributed by atoms with Gasteiger partial charge in [0.2, 0.25) is 5.91 Å². The fourth-order valence-corrected chi connectivity index (χ4v) is 1.43. The van der Waals surface area contributed by atoms with Crippen LogP contribution in [-0.2, 0) is 4.79 Å². The monoisotopic (exact) mass is 207 g/mol. The van der Waals surface area contributed by atoms with Gasteiger partial charge in [-0.2, -0.15) is 0 Å². The number of nitrogens with one attached hydrogen (secondary N) is 1. The standard InChI is InChI=1S/C8H17N3O.ClH/c1-6-5-10-3-4-11(6)8(12)7(2)9;/h6-7,10H,3-5,9H2,1-2H3;1H/t6?,7-;/m1./s1. The molecule has 1 aliphatic rings. The Morgan fingerprint density at radius 3 is 2.77 bits per heavy atom. The lowest BCUT2D eigenvalue weighted by Crippen LogP contribution is -2.55. The number of carbonyl (C=O) groups is 1. The molecule has 0 aromatic heterocycles. The minimum Gasteiger partial charge on any atom is -0.336 e. The molecule has 3 N–H and O–H groups in total. The Kier molecular flexibility index (Phi) is 5.29. The van der Waals surface area contributed by atoms with Crippen LogP contribution < -0.4 is 11.1 Å². The summed E-state index contributed by atoms with van der Waals surface area (Å²) >= 11 is 0. The highest BCUT2D eigenvalue weighted by molar-refractivity contribution is 5.85. The van der Waals surface area contributed by atoms with Gasteiger partial charge in [-0.05, 0) is 13.8 Å². The highest BCUT2D eigenvalue weighted by Gasteiger charge is 2.24. The minimum absolute atomic E-state index is 0. The van der Waals surface area contributed by atoms with Crippen LogP contribution in [-0.4, -0.2) is 42.5 Å². The molecular weight excluding hydrogens is 190 g/mol. The molecule has 0 saturated carbocycles. The van der Waals surface area contributed by atoms with Crippen molar-refractivity contribution in [2.45, 2.75) is 25.9 Å². The maximum atomic E-state index is 11.5. The average Bonchev–Trinajstić information content (AvgIpc) is 2.04. The molecule has 0 bridgehead atoms. The summed E-state index contributed by atoms with van der Waals surface area (Å²) in [6, 6.07) is -0.0946. The predicted molar refractivity (Wildman–Crippen MR) is 54.9 cm³/mol. The lowest BCUT2D eigenvalue weighted by molar-refractivity contribution is -0.134. The molecule has 0 radical (unpaired) electrons. The Labute approximate surface area is 85.3 Å². The average molecular weight is 208 g/mol. The number of hydrogen-bond donors (Lipinski definition) is 2. The van der Waals surface area contributed by atoms with E-state index in [1.807, 2.05) is 11.8 Å². The normalized spacial score (nSPS) is 24.8. The van der Waals surface area contributed by atoms with Gasteiger partial charge in [0.25, 0.3) is 0 Å². The second-order valence-electron chi connectivity index (χ2n) is 3.37. The van der Waals surface area contributed by atoms with Gasteiger partial charge >= 0.3 is 0 Å². The molecule has 2 atom stereocenters. The van der Waals surface area contributed by atoms with Crippen LogP contribution in [0.5, 0.6) is 0 Å². The van der Waals surface area contributed by atoms with E-state index in [0.717, 1.165) is 19.6 Å². The number of nitrogens with zero attached hydrogens (tertiary/aromatic N) is 1. The molecule has 0 spiro atoms. The van der Waals surface area contributed by atoms with E-state index in [4.69, 9.17) is 5.73 Å². The molecule has 1 unspecified atom stereocenters. The van der Waals surface area contributed by atoms with Crippen molar-refractivity contribution < 1.29 is 4.79 Å². The molecule has 4 nitrogen and oxygen atoms in total. The summed E-state index contributed by atoms with van der Waals surface area (Å²) in [5.41, 5.74) is 5.52. The first-order valence-electron chi connectivity index (χ1n) is 4.39. The summed E-state index contributed by atoms with van der Waals surface area (Å²) in [6.45, 7) is 6.30. The first-order valence-corrected chi connectivity index (χ1v) is 4.39. The quantitative estimate of drug-likeness (QED) is 0.614. The number of piperazine rings is 1. The molecule has 1 aliphatic heterocycles. The fraction of sp³-hybridized carbons (Fsp3) is 0.875. The van der Waals surface area contributed by atoms with Crippen LogP contribution in [0.3, 0.4) is 0 Å². The van der Waals surface area contributed by atoms with Crippen molar-refractivity contribution in [3.8, 4) is 0 Å². The van der Waals surface area contributed by atoms with E-state index in [9.17, 15) is 4.79 Å². The molecule has 1 amide bonds. The predicted octanol–water partition coefficient (Wildman–Crippen LogP) is -0.424. The van der Waals surface area contributed by atoms with Crippen LogP contribution in [0.2, 0.25) is 0 Å². The summed E-state index contributed by atoms with van der Waals surface area (Å²) in [5.74, 6) is 0.0593. The molecule has 1 heterocycles. The summed E-state index contributed by atoms with van der Waals surface area (Å²) < 4.78 is 0. The third-order valence-electron chi connectivity index (χ3n) is 2.17. The van der Waals surface area contributed by atoms with Crippen molar-refractivity contribution in [2.75, 3.05) is 19.6 Å². The first kappa shape index (κ1) is 12.7. The number of nitrogens with two attached hydrogens (primary N) is 1. The Balaban J connectivity index is 0.00000144. The van der Waals surface area contributed by atoms with E-state index in [2.05, 4.69) is 5.32 Å². The number of amides is 1. The zero-order valence-corrected chi connectivity index (χ0v) is 8.93. The Morgan fingerprint density at radius 1 is 1.69 bits per heavy atom. The molecule has 1 fully saturated rings. The Hall–Kier alpha value is -0.320. The second-order valence-corrected chi connectivity index (χ2v) is 3.37. The minimum atomic E-state index is -0.370. The number of hydrogen-bond acceptors (Lipinski definition) is 3. The van der Waals surface area contributed by atoms with Crippen LogP contribution in [0.1, 0.15) is 13.8 Å². The van der Waals surface area contributed by atoms with Crippen molar-refractivity contribution >= 4 is 18.3 Å². The van der Waals surface area contributed by atoms with E-state index in [-0.39, 0.29) is 30.4 Å². The van der Waals surface area contributed by atoms with Crippen LogP contribution in [0.4, 0.5) is 0 Å². The molecular formula is C8H18ClN3O. The number of rotatable bonds is 1. The van der Waals surface area contributed by atoms with Crippen LogP contribution in [0.15, 0.2) is 0 Å². The van der Waals surface area contributed by atoms with Crippen molar-refractivity contribution in [1.82, 2.24) is 10.2 Å². The van der Waals surface area contributed by atoms with Crippen molar-refractivity contribution in [2.24, 2.45) is 5.73 Å². The number of halogens is 1. The summed E-state index contributed by atoms with van der Waals surface area (Å²) in [5, 5.41) is 3.22. The fourth-order valence-electron chi connectivity index (χ4n) is 1.43. The molecule has 5 heteroatoms. The lowest BCUT2D eigenvalue weighted by atomic mass is 10.2. The van der Waals surface area contributed by atoms with E-state index >= 15 is 0 Å². The lowest BCUT2D eigenvalue weighted by Gasteiger charge is -2.34. The number of carbonyl (C=O) groups excluding carboxylic acids is 1. The molecule has 78 valence electrons. The van der Waals surface area contributed by atoms with E-state index in [1.54, 1.807) is 6.92 Å². The van der Waals surface area contributed by atoms with Crippen LogP contribution in [0, 0.1) is 0 Å². The van der Waals surface area contributed by atoms with Crippen molar-refractivity contribution in [1.29, 1.82) is 0 Å². The smallest absolute Gasteiger partial charge is 0.239 e. The van der Waals surface area contributed by atoms with Gasteiger partial charge in [-0.25, -0.2) is 0 Å². The molecule has 0 aliphatic carbocycles. The van der Waals surface area contributed by atoms with Crippen LogP contribution >= 0.6 is 12.4 Å². The summed E-state index contributed by atoms with van der Waals surface area (Å²) in [7, 11) is 0. The molecule has 0 aromatic rings. The zero-order chi connectivity index (χ0) is 9.14. The highest BCUT2D eigenvalue weighted by Crippen LogP contribution is 2.03. The van der Waals surface area contributed by atoms with E-state index in [1.165, 1.54) is 0 Å². The largest absolute Gasteiger partial charge is 0.336 e. The SMILES string of the molecule is CC1CNCCN1C(=O)[C@@H](C)N.Cl. The zero-order valence-electron chi connectivity index (χ0n) is 8.12. The maximum absolute atomic E-state index is 11.5. The van der Waals surface area contributed by atoms with Gasteiger partial charge in [-0.1, -0.05) is 0 Å². The summed E-state index contributed by atoms with van der Waals surface area (Å²) in [4.78, 5) is 13.3. The highest BCUT2D eigenvalue weighted by atomic mass is 35.5. The molecule has 1 saturated heterocycles. The maximum Gasteiger partial charge on any atom is 0.239 e. The van der Waals surface area contributed by atoms with Gasteiger partial charge in [-0.3, -0.25) is 4.79 Å². The Bertz CT molecular complexity index is 175. The van der Waals surface area contributed by atoms with Gasteiger partial charge in [0.05, 0.1) is 6.04 Å². The molecule has 1 rings (SSSR count). The first-order chi connectivity index (χ1) is 5.63. The molecule has 13 heavy (non-hydrogen) atoms. The van der Waals surface area contributed by atoms with Crippen molar-refractivity contribution in [3.05, 3.63) is 0 Å². The van der Waals surface area contributed by atoms with Crippen molar-refractivity contribution in [3.63, 3.8) is 0 Å². The van der Waals surface area contributed by atoms with Gasteiger partial charge in [0, 0.05) is 25.7 Å². The third kappa shape index (κ3) is 3.14. The van der Waals surface area contributed by atoms with Gasteiger partial charge < -0.3 is 16.0 Å². The van der Waals surface area contributed by atoms with E-state index < -0.39 is 0 Å². The van der Waals surface area contributed by atoms with Crippen LogP contribution in [0.25, 0.3) is 0 Å². The second kappa shape index (κ2) is 5.42. The Morgan fingerprint density at radius 2 is 2.31 bits per heavy atom. The third-order valence-corrected chi connectivity index (χ3v) is 2.17. The van der Waals surface area contributed by atoms with Gasteiger partial charge in [-0.15, -0.1) is 12.4 Å².